The predicted molar refractivity (Wildman–Crippen MR) is 144 cm³/mol. The van der Waals surface area contributed by atoms with Crippen molar-refractivity contribution >= 4 is 5.69 Å². The minimum Gasteiger partial charge on any atom is -0.506 e. The molecule has 0 aromatic heterocycles. The van der Waals surface area contributed by atoms with Crippen LogP contribution in [0.15, 0.2) is 60.7 Å². The maximum atomic E-state index is 10.2. The average Bonchev–Trinajstić information content (AvgIpc) is 2.92. The number of anilines is 1. The summed E-state index contributed by atoms with van der Waals surface area (Å²) in [5.41, 5.74) is 4.50. The van der Waals surface area contributed by atoms with E-state index >= 15 is 0 Å². The molecule has 2 atom stereocenters. The molecule has 0 bridgehead atoms. The van der Waals surface area contributed by atoms with E-state index in [1.54, 1.807) is 19.2 Å². The van der Waals surface area contributed by atoms with Gasteiger partial charge in [-0.25, -0.2) is 0 Å². The highest BCUT2D eigenvalue weighted by molar-refractivity contribution is 5.57. The summed E-state index contributed by atoms with van der Waals surface area (Å²) in [7, 11) is 1.68. The van der Waals surface area contributed by atoms with Crippen LogP contribution in [0.4, 0.5) is 5.69 Å². The number of aryl methyl sites for hydroxylation is 1. The molecule has 3 N–H and O–H groups in total. The van der Waals surface area contributed by atoms with Gasteiger partial charge in [-0.2, -0.15) is 5.26 Å². The van der Waals surface area contributed by atoms with Crippen molar-refractivity contribution in [2.24, 2.45) is 0 Å². The van der Waals surface area contributed by atoms with Crippen molar-refractivity contribution in [1.82, 2.24) is 5.32 Å². The summed E-state index contributed by atoms with van der Waals surface area (Å²) in [5.74, 6) is 1.98. The molecule has 7 heteroatoms. The van der Waals surface area contributed by atoms with Crippen LogP contribution < -0.4 is 15.4 Å². The molecule has 1 aliphatic rings. The number of piperidine rings is 1. The molecule has 0 amide bonds. The van der Waals surface area contributed by atoms with Crippen LogP contribution in [0.5, 0.6) is 17.2 Å². The molecular formula is C30H35N3O4. The molecular weight excluding hydrogens is 466 g/mol. The Morgan fingerprint density at radius 2 is 1.89 bits per heavy atom. The summed E-state index contributed by atoms with van der Waals surface area (Å²) in [6.45, 7) is 5.51. The number of hydrogen-bond acceptors (Lipinski definition) is 7. The van der Waals surface area contributed by atoms with Gasteiger partial charge in [-0.15, -0.1) is 0 Å². The van der Waals surface area contributed by atoms with Crippen LogP contribution in [0.2, 0.25) is 0 Å². The van der Waals surface area contributed by atoms with Crippen LogP contribution in [0, 0.1) is 18.3 Å². The van der Waals surface area contributed by atoms with Crippen LogP contribution in [0.1, 0.15) is 41.0 Å². The van der Waals surface area contributed by atoms with E-state index in [0.717, 1.165) is 49.4 Å². The van der Waals surface area contributed by atoms with E-state index in [2.05, 4.69) is 28.8 Å². The molecule has 0 unspecified atom stereocenters. The minimum absolute atomic E-state index is 0.0357. The first-order valence-corrected chi connectivity index (χ1v) is 12.7. The largest absolute Gasteiger partial charge is 0.506 e. The molecule has 0 spiro atoms. The zero-order chi connectivity index (χ0) is 26.0. The number of benzene rings is 3. The highest BCUT2D eigenvalue weighted by Gasteiger charge is 2.27. The lowest BCUT2D eigenvalue weighted by atomic mass is 9.87. The molecule has 0 aliphatic carbocycles. The normalized spacial score (nSPS) is 17.2. The summed E-state index contributed by atoms with van der Waals surface area (Å²) in [4.78, 5) is 0. The summed E-state index contributed by atoms with van der Waals surface area (Å²) >= 11 is 0. The van der Waals surface area contributed by atoms with Gasteiger partial charge in [0, 0.05) is 32.7 Å². The minimum atomic E-state index is 0.0357. The predicted octanol–water partition coefficient (Wildman–Crippen LogP) is 5.48. The third kappa shape index (κ3) is 7.23. The first kappa shape index (κ1) is 26.5. The van der Waals surface area contributed by atoms with E-state index in [4.69, 9.17) is 19.5 Å². The molecule has 1 saturated heterocycles. The standard InChI is InChI=1S/C30H35N3O4/c1-21-16-26(10-7-24(21)18-31)37-25-8-5-23(6-9-25)27-12-14-32-19-30(27)36-20-22-4-11-29(34)28(17-22)33-13-3-15-35-2/h4-11,16-17,27,30,32-34H,3,12-15,19-20H2,1-2H3/t27-,30+/m1/s1. The number of methoxy groups -OCH3 is 1. The summed E-state index contributed by atoms with van der Waals surface area (Å²) < 4.78 is 17.5. The molecule has 1 heterocycles. The first-order chi connectivity index (χ1) is 18.1. The fourth-order valence-corrected chi connectivity index (χ4v) is 4.59. The number of nitrogens with one attached hydrogen (secondary N) is 2. The second-order valence-electron chi connectivity index (χ2n) is 9.33. The Hall–Kier alpha value is -3.57. The average molecular weight is 502 g/mol. The van der Waals surface area contributed by atoms with Crippen molar-refractivity contribution in [3.63, 3.8) is 0 Å². The Morgan fingerprint density at radius 1 is 1.08 bits per heavy atom. The first-order valence-electron chi connectivity index (χ1n) is 12.7. The molecule has 4 rings (SSSR count). The lowest BCUT2D eigenvalue weighted by Gasteiger charge is -2.32. The van der Waals surface area contributed by atoms with Crippen molar-refractivity contribution in [2.45, 2.75) is 38.4 Å². The summed E-state index contributed by atoms with van der Waals surface area (Å²) in [5, 5.41) is 26.0. The zero-order valence-electron chi connectivity index (χ0n) is 21.5. The Kier molecular flexibility index (Phi) is 9.39. The van der Waals surface area contributed by atoms with E-state index < -0.39 is 0 Å². The van der Waals surface area contributed by atoms with Crippen molar-refractivity contribution < 1.29 is 19.3 Å². The van der Waals surface area contributed by atoms with Crippen LogP contribution in [0.25, 0.3) is 0 Å². The number of ether oxygens (including phenoxy) is 3. The van der Waals surface area contributed by atoms with Crippen molar-refractivity contribution in [3.8, 4) is 23.3 Å². The van der Waals surface area contributed by atoms with Gasteiger partial charge in [0.15, 0.2) is 0 Å². The number of aromatic hydroxyl groups is 1. The monoisotopic (exact) mass is 501 g/mol. The van der Waals surface area contributed by atoms with Gasteiger partial charge in [-0.3, -0.25) is 0 Å². The Labute approximate surface area is 219 Å². The van der Waals surface area contributed by atoms with Crippen LogP contribution in [0.3, 0.4) is 0 Å². The van der Waals surface area contributed by atoms with Crippen molar-refractivity contribution in [3.05, 3.63) is 82.9 Å². The number of phenolic OH excluding ortho intramolecular Hbond substituents is 1. The number of phenols is 1. The van der Waals surface area contributed by atoms with Gasteiger partial charge in [-0.1, -0.05) is 18.2 Å². The maximum Gasteiger partial charge on any atom is 0.138 e. The van der Waals surface area contributed by atoms with Crippen LogP contribution in [-0.4, -0.2) is 44.6 Å². The summed E-state index contributed by atoms with van der Waals surface area (Å²) in [6, 6.07) is 21.4. The van der Waals surface area contributed by atoms with Crippen molar-refractivity contribution in [2.75, 3.05) is 38.7 Å². The molecule has 3 aromatic rings. The fourth-order valence-electron chi connectivity index (χ4n) is 4.59. The quantitative estimate of drug-likeness (QED) is 0.237. The highest BCUT2D eigenvalue weighted by Crippen LogP contribution is 2.32. The number of hydrogen-bond donors (Lipinski definition) is 3. The molecule has 1 fully saturated rings. The van der Waals surface area contributed by atoms with Gasteiger partial charge in [0.2, 0.25) is 0 Å². The maximum absolute atomic E-state index is 10.2. The van der Waals surface area contributed by atoms with Gasteiger partial charge >= 0.3 is 0 Å². The van der Waals surface area contributed by atoms with Crippen molar-refractivity contribution in [1.29, 1.82) is 5.26 Å². The Balaban J connectivity index is 1.37. The second-order valence-corrected chi connectivity index (χ2v) is 9.33. The van der Waals surface area contributed by atoms with E-state index in [1.807, 2.05) is 43.3 Å². The van der Waals surface area contributed by atoms with Gasteiger partial charge in [0.05, 0.1) is 30.0 Å². The molecule has 37 heavy (non-hydrogen) atoms. The summed E-state index contributed by atoms with van der Waals surface area (Å²) in [6.07, 6.45) is 1.89. The number of nitrogens with zero attached hydrogens (tertiary/aromatic N) is 1. The van der Waals surface area contributed by atoms with Gasteiger partial charge < -0.3 is 30.0 Å². The van der Waals surface area contributed by atoms with E-state index in [0.29, 0.717) is 30.2 Å². The van der Waals surface area contributed by atoms with Crippen LogP contribution in [-0.2, 0) is 16.1 Å². The number of rotatable bonds is 11. The lowest BCUT2D eigenvalue weighted by Crippen LogP contribution is -2.40. The Bertz CT molecular complexity index is 1210. The third-order valence-electron chi connectivity index (χ3n) is 6.65. The third-order valence-corrected chi connectivity index (χ3v) is 6.65. The van der Waals surface area contributed by atoms with Crippen LogP contribution >= 0.6 is 0 Å². The highest BCUT2D eigenvalue weighted by atomic mass is 16.5. The SMILES string of the molecule is COCCCNc1cc(CO[C@H]2CNCC[C@@H]2c2ccc(Oc3ccc(C#N)c(C)c3)cc2)ccc1O. The molecule has 0 saturated carbocycles. The molecule has 1 aliphatic heterocycles. The fraction of sp³-hybridized carbons (Fsp3) is 0.367. The molecule has 0 radical (unpaired) electrons. The topological polar surface area (TPSA) is 95.8 Å². The van der Waals surface area contributed by atoms with Gasteiger partial charge in [-0.05, 0) is 85.5 Å². The van der Waals surface area contributed by atoms with E-state index in [9.17, 15) is 5.11 Å². The molecule has 194 valence electrons. The number of nitriles is 1. The smallest absolute Gasteiger partial charge is 0.138 e. The zero-order valence-corrected chi connectivity index (χ0v) is 21.5. The van der Waals surface area contributed by atoms with Gasteiger partial charge in [0.25, 0.3) is 0 Å². The Morgan fingerprint density at radius 3 is 2.65 bits per heavy atom. The van der Waals surface area contributed by atoms with E-state index in [-0.39, 0.29) is 17.8 Å². The second kappa shape index (κ2) is 13.1. The van der Waals surface area contributed by atoms with Gasteiger partial charge in [0.1, 0.15) is 17.2 Å². The lowest BCUT2D eigenvalue weighted by molar-refractivity contribution is 0.0106. The van der Waals surface area contributed by atoms with E-state index in [1.165, 1.54) is 5.56 Å². The molecule has 7 nitrogen and oxygen atoms in total. The molecule has 3 aromatic carbocycles.